The van der Waals surface area contributed by atoms with E-state index in [4.69, 9.17) is 4.74 Å². The molecule has 0 amide bonds. The molecule has 0 fully saturated rings. The fourth-order valence-corrected chi connectivity index (χ4v) is 1.83. The van der Waals surface area contributed by atoms with Crippen molar-refractivity contribution in [3.05, 3.63) is 29.5 Å². The maximum atomic E-state index is 12.8. The molecule has 0 spiro atoms. The predicted molar refractivity (Wildman–Crippen MR) is 59.7 cm³/mol. The molecule has 1 heterocycles. The summed E-state index contributed by atoms with van der Waals surface area (Å²) >= 11 is 0. The summed E-state index contributed by atoms with van der Waals surface area (Å²) in [4.78, 5) is 3.56. The Morgan fingerprint density at radius 3 is 2.50 bits per heavy atom. The third-order valence-electron chi connectivity index (χ3n) is 2.64. The molecule has 0 saturated heterocycles. The number of nitrogens with zero attached hydrogens (tertiary/aromatic N) is 1. The molecule has 1 N–H and O–H groups in total. The second-order valence-corrected chi connectivity index (χ2v) is 3.82. The molecule has 3 nitrogen and oxygen atoms in total. The van der Waals surface area contributed by atoms with Crippen molar-refractivity contribution in [3.8, 4) is 11.5 Å². The van der Waals surface area contributed by atoms with Crippen molar-refractivity contribution >= 4 is 10.9 Å². The third-order valence-corrected chi connectivity index (χ3v) is 2.64. The quantitative estimate of drug-likeness (QED) is 0.852. The number of alkyl halides is 3. The van der Waals surface area contributed by atoms with Gasteiger partial charge in [0.25, 0.3) is 0 Å². The van der Waals surface area contributed by atoms with Gasteiger partial charge in [0.1, 0.15) is 5.75 Å². The standard InChI is InChI=1S/C12H10F3NO2/c1-6-8-5-7(17)3-4-9(8)16-11(10(6)18-2)12(13,14)15/h3-5,17H,1-2H3. The number of pyridine rings is 1. The number of methoxy groups -OCH3 is 1. The van der Waals surface area contributed by atoms with Gasteiger partial charge in [-0.05, 0) is 25.1 Å². The van der Waals surface area contributed by atoms with Gasteiger partial charge >= 0.3 is 6.18 Å². The summed E-state index contributed by atoms with van der Waals surface area (Å²) in [5.74, 6) is -0.352. The first kappa shape index (κ1) is 12.5. The summed E-state index contributed by atoms with van der Waals surface area (Å²) in [5, 5.41) is 9.79. The van der Waals surface area contributed by atoms with Gasteiger partial charge in [-0.1, -0.05) is 0 Å². The van der Waals surface area contributed by atoms with Crippen molar-refractivity contribution in [1.82, 2.24) is 4.98 Å². The molecule has 0 saturated carbocycles. The van der Waals surface area contributed by atoms with Gasteiger partial charge in [-0.3, -0.25) is 0 Å². The maximum absolute atomic E-state index is 12.8. The second kappa shape index (κ2) is 4.04. The molecule has 0 aliphatic rings. The van der Waals surface area contributed by atoms with E-state index in [9.17, 15) is 18.3 Å². The molecule has 6 heteroatoms. The number of aromatic hydroxyl groups is 1. The minimum Gasteiger partial charge on any atom is -0.508 e. The molecule has 2 aromatic rings. The first-order chi connectivity index (χ1) is 8.34. The predicted octanol–water partition coefficient (Wildman–Crippen LogP) is 3.28. The van der Waals surface area contributed by atoms with Crippen molar-refractivity contribution in [2.75, 3.05) is 7.11 Å². The molecular formula is C12H10F3NO2. The van der Waals surface area contributed by atoms with Gasteiger partial charge < -0.3 is 9.84 Å². The highest BCUT2D eigenvalue weighted by molar-refractivity contribution is 5.86. The summed E-state index contributed by atoms with van der Waals surface area (Å²) in [6.45, 7) is 1.50. The Morgan fingerprint density at radius 2 is 1.94 bits per heavy atom. The van der Waals surface area contributed by atoms with Crippen LogP contribution in [0.4, 0.5) is 13.2 Å². The normalized spacial score (nSPS) is 11.8. The molecule has 0 aliphatic heterocycles. The zero-order valence-corrected chi connectivity index (χ0v) is 9.67. The number of halogens is 3. The van der Waals surface area contributed by atoms with Crippen molar-refractivity contribution < 1.29 is 23.0 Å². The summed E-state index contributed by atoms with van der Waals surface area (Å²) in [6.07, 6.45) is -4.58. The van der Waals surface area contributed by atoms with Crippen molar-refractivity contribution in [2.45, 2.75) is 13.1 Å². The van der Waals surface area contributed by atoms with Gasteiger partial charge in [0.05, 0.1) is 12.6 Å². The maximum Gasteiger partial charge on any atom is 0.437 e. The monoisotopic (exact) mass is 257 g/mol. The molecule has 0 atom stereocenters. The van der Waals surface area contributed by atoms with E-state index in [1.54, 1.807) is 0 Å². The fourth-order valence-electron chi connectivity index (χ4n) is 1.83. The number of hydrogen-bond donors (Lipinski definition) is 1. The van der Waals surface area contributed by atoms with E-state index in [1.165, 1.54) is 25.1 Å². The van der Waals surface area contributed by atoms with Crippen LogP contribution in [0.3, 0.4) is 0 Å². The zero-order valence-electron chi connectivity index (χ0n) is 9.67. The molecular weight excluding hydrogens is 247 g/mol. The van der Waals surface area contributed by atoms with Crippen molar-refractivity contribution in [2.24, 2.45) is 0 Å². The van der Waals surface area contributed by atoms with Gasteiger partial charge in [-0.2, -0.15) is 13.2 Å². The van der Waals surface area contributed by atoms with Crippen LogP contribution < -0.4 is 4.74 Å². The van der Waals surface area contributed by atoms with Gasteiger partial charge in [-0.15, -0.1) is 0 Å². The average Bonchev–Trinajstić information content (AvgIpc) is 2.28. The number of ether oxygens (including phenoxy) is 1. The zero-order chi connectivity index (χ0) is 13.5. The van der Waals surface area contributed by atoms with E-state index in [2.05, 4.69) is 4.98 Å². The van der Waals surface area contributed by atoms with Crippen LogP contribution >= 0.6 is 0 Å². The van der Waals surface area contributed by atoms with Crippen LogP contribution in [0.15, 0.2) is 18.2 Å². The highest BCUT2D eigenvalue weighted by atomic mass is 19.4. The summed E-state index contributed by atoms with van der Waals surface area (Å²) in [7, 11) is 1.16. The lowest BCUT2D eigenvalue weighted by molar-refractivity contribution is -0.142. The Balaban J connectivity index is 2.86. The van der Waals surface area contributed by atoms with E-state index in [0.29, 0.717) is 10.9 Å². The number of hydrogen-bond acceptors (Lipinski definition) is 3. The molecule has 0 bridgehead atoms. The number of fused-ring (bicyclic) bond motifs is 1. The summed E-state index contributed by atoms with van der Waals surface area (Å²) in [5.41, 5.74) is -0.593. The summed E-state index contributed by atoms with van der Waals surface area (Å²) in [6, 6.07) is 3.99. The van der Waals surface area contributed by atoms with E-state index < -0.39 is 11.9 Å². The molecule has 18 heavy (non-hydrogen) atoms. The van der Waals surface area contributed by atoms with Gasteiger partial charge in [-0.25, -0.2) is 4.98 Å². The Hall–Kier alpha value is -1.98. The Labute approximate surface area is 101 Å². The van der Waals surface area contributed by atoms with E-state index >= 15 is 0 Å². The van der Waals surface area contributed by atoms with Crippen molar-refractivity contribution in [3.63, 3.8) is 0 Å². The van der Waals surface area contributed by atoms with Crippen LogP contribution in [-0.4, -0.2) is 17.2 Å². The number of aromatic nitrogens is 1. The van der Waals surface area contributed by atoms with Crippen LogP contribution in [0, 0.1) is 6.92 Å². The van der Waals surface area contributed by atoms with Crippen LogP contribution in [0.25, 0.3) is 10.9 Å². The molecule has 2 rings (SSSR count). The van der Waals surface area contributed by atoms with Crippen LogP contribution in [0.2, 0.25) is 0 Å². The van der Waals surface area contributed by atoms with E-state index in [0.717, 1.165) is 7.11 Å². The lowest BCUT2D eigenvalue weighted by atomic mass is 10.1. The lowest BCUT2D eigenvalue weighted by Gasteiger charge is -2.15. The number of phenolic OH excluding ortho intramolecular Hbond substituents is 1. The van der Waals surface area contributed by atoms with Gasteiger partial charge in [0.2, 0.25) is 0 Å². The average molecular weight is 257 g/mol. The van der Waals surface area contributed by atoms with Crippen molar-refractivity contribution in [1.29, 1.82) is 0 Å². The molecule has 0 aliphatic carbocycles. The largest absolute Gasteiger partial charge is 0.508 e. The number of phenols is 1. The topological polar surface area (TPSA) is 42.4 Å². The van der Waals surface area contributed by atoms with Crippen LogP contribution in [-0.2, 0) is 6.18 Å². The Kier molecular flexibility index (Phi) is 2.80. The van der Waals surface area contributed by atoms with E-state index in [1.807, 2.05) is 0 Å². The van der Waals surface area contributed by atoms with Gasteiger partial charge in [0.15, 0.2) is 11.4 Å². The smallest absolute Gasteiger partial charge is 0.437 e. The first-order valence-electron chi connectivity index (χ1n) is 5.09. The second-order valence-electron chi connectivity index (χ2n) is 3.82. The number of rotatable bonds is 1. The SMILES string of the molecule is COc1c(C(F)(F)F)nc2ccc(O)cc2c1C. The highest BCUT2D eigenvalue weighted by Crippen LogP contribution is 2.39. The molecule has 1 aromatic carbocycles. The Bertz CT molecular complexity index is 608. The number of aryl methyl sites for hydroxylation is 1. The molecule has 0 radical (unpaired) electrons. The first-order valence-corrected chi connectivity index (χ1v) is 5.09. The minimum atomic E-state index is -4.58. The molecule has 0 unspecified atom stereocenters. The Morgan fingerprint density at radius 1 is 1.28 bits per heavy atom. The minimum absolute atomic E-state index is 0.0331. The highest BCUT2D eigenvalue weighted by Gasteiger charge is 2.37. The number of benzene rings is 1. The molecule has 1 aromatic heterocycles. The fraction of sp³-hybridized carbons (Fsp3) is 0.250. The van der Waals surface area contributed by atoms with E-state index in [-0.39, 0.29) is 17.0 Å². The summed E-state index contributed by atoms with van der Waals surface area (Å²) < 4.78 is 43.3. The van der Waals surface area contributed by atoms with Crippen LogP contribution in [0.5, 0.6) is 11.5 Å². The molecule has 96 valence electrons. The van der Waals surface area contributed by atoms with Crippen LogP contribution in [0.1, 0.15) is 11.3 Å². The lowest BCUT2D eigenvalue weighted by Crippen LogP contribution is -2.11. The van der Waals surface area contributed by atoms with Gasteiger partial charge in [0, 0.05) is 10.9 Å². The third kappa shape index (κ3) is 1.94.